The van der Waals surface area contributed by atoms with Gasteiger partial charge in [0.1, 0.15) is 17.5 Å². The van der Waals surface area contributed by atoms with Gasteiger partial charge in [0.2, 0.25) is 0 Å². The fraction of sp³-hybridized carbons (Fsp3) is 0.636. The molecule has 0 saturated heterocycles. The van der Waals surface area contributed by atoms with Gasteiger partial charge in [-0.15, -0.1) is 0 Å². The number of aryl methyl sites for hydroxylation is 1. The number of aromatic nitrogens is 2. The first-order chi connectivity index (χ1) is 7.40. The van der Waals surface area contributed by atoms with Crippen LogP contribution in [0.5, 0.6) is 0 Å². The highest BCUT2D eigenvalue weighted by atomic mass is 15.3. The third-order valence-electron chi connectivity index (χ3n) is 2.17. The van der Waals surface area contributed by atoms with Gasteiger partial charge in [-0.2, -0.15) is 0 Å². The number of nitrogens with two attached hydrogens (primary N) is 1. The van der Waals surface area contributed by atoms with E-state index in [1.165, 1.54) is 0 Å². The molecule has 5 nitrogen and oxygen atoms in total. The van der Waals surface area contributed by atoms with E-state index < -0.39 is 0 Å². The highest BCUT2D eigenvalue weighted by Crippen LogP contribution is 2.18. The van der Waals surface area contributed by atoms with Gasteiger partial charge >= 0.3 is 0 Å². The molecule has 0 fully saturated rings. The topological polar surface area (TPSA) is 75.9 Å². The summed E-state index contributed by atoms with van der Waals surface area (Å²) in [6.45, 7) is 9.38. The number of nitrogens with one attached hydrogen (secondary N) is 2. The van der Waals surface area contributed by atoms with Gasteiger partial charge in [-0.1, -0.05) is 20.8 Å². The van der Waals surface area contributed by atoms with Gasteiger partial charge in [-0.3, -0.25) is 0 Å². The number of hydrogen-bond donors (Lipinski definition) is 3. The van der Waals surface area contributed by atoms with Crippen molar-refractivity contribution in [3.05, 3.63) is 11.9 Å². The molecule has 0 aliphatic heterocycles. The van der Waals surface area contributed by atoms with Crippen LogP contribution >= 0.6 is 0 Å². The van der Waals surface area contributed by atoms with Gasteiger partial charge < -0.3 is 10.7 Å². The molecule has 0 amide bonds. The van der Waals surface area contributed by atoms with Gasteiger partial charge in [-0.05, 0) is 18.8 Å². The van der Waals surface area contributed by atoms with Crippen LogP contribution in [-0.2, 0) is 0 Å². The largest absolute Gasteiger partial charge is 0.370 e. The molecule has 0 aliphatic rings. The normalized spacial score (nSPS) is 11.3. The zero-order chi connectivity index (χ0) is 12.2. The van der Waals surface area contributed by atoms with Crippen LogP contribution in [0.3, 0.4) is 0 Å². The van der Waals surface area contributed by atoms with Crippen LogP contribution in [0.15, 0.2) is 6.07 Å². The minimum Gasteiger partial charge on any atom is -0.370 e. The highest BCUT2D eigenvalue weighted by molar-refractivity contribution is 5.46. The number of hydrogen-bond acceptors (Lipinski definition) is 5. The molecule has 16 heavy (non-hydrogen) atoms. The van der Waals surface area contributed by atoms with E-state index >= 15 is 0 Å². The molecule has 1 aromatic rings. The lowest BCUT2D eigenvalue weighted by Gasteiger charge is -2.18. The van der Waals surface area contributed by atoms with E-state index in [0.29, 0.717) is 17.1 Å². The van der Waals surface area contributed by atoms with Gasteiger partial charge in [0, 0.05) is 12.6 Å². The van der Waals surface area contributed by atoms with Crippen LogP contribution in [0, 0.1) is 12.3 Å². The smallest absolute Gasteiger partial charge is 0.145 e. The summed E-state index contributed by atoms with van der Waals surface area (Å²) in [4.78, 5) is 8.41. The maximum absolute atomic E-state index is 5.32. The Hall–Kier alpha value is -1.36. The molecule has 0 atom stereocenters. The van der Waals surface area contributed by atoms with E-state index in [2.05, 4.69) is 41.5 Å². The second-order valence-corrected chi connectivity index (χ2v) is 5.07. The molecule has 90 valence electrons. The first-order valence-corrected chi connectivity index (χ1v) is 5.47. The summed E-state index contributed by atoms with van der Waals surface area (Å²) in [5.74, 6) is 7.46. The van der Waals surface area contributed by atoms with Crippen LogP contribution < -0.4 is 16.6 Å². The molecule has 0 aromatic carbocycles. The molecular weight excluding hydrogens is 202 g/mol. The Bertz CT molecular complexity index is 343. The second-order valence-electron chi connectivity index (χ2n) is 5.07. The summed E-state index contributed by atoms with van der Waals surface area (Å²) in [6.07, 6.45) is 1.08. The fourth-order valence-corrected chi connectivity index (χ4v) is 1.30. The van der Waals surface area contributed by atoms with Gasteiger partial charge in [0.05, 0.1) is 0 Å². The minimum absolute atomic E-state index is 0.323. The Morgan fingerprint density at radius 1 is 1.25 bits per heavy atom. The summed E-state index contributed by atoms with van der Waals surface area (Å²) in [5.41, 5.74) is 2.85. The summed E-state index contributed by atoms with van der Waals surface area (Å²) in [5, 5.41) is 3.27. The van der Waals surface area contributed by atoms with E-state index in [4.69, 9.17) is 5.84 Å². The maximum atomic E-state index is 5.32. The molecule has 1 aromatic heterocycles. The average Bonchev–Trinajstić information content (AvgIpc) is 2.14. The second kappa shape index (κ2) is 5.12. The lowest BCUT2D eigenvalue weighted by atomic mass is 9.92. The summed E-state index contributed by atoms with van der Waals surface area (Å²) >= 11 is 0. The summed E-state index contributed by atoms with van der Waals surface area (Å²) in [7, 11) is 0. The zero-order valence-electron chi connectivity index (χ0n) is 10.5. The molecule has 1 rings (SSSR count). The standard InChI is InChI=1S/C11H21N5/c1-8-14-9(7-10(15-8)16-12)13-6-5-11(2,3)4/h7H,5-6,12H2,1-4H3,(H2,13,14,15,16). The van der Waals surface area contributed by atoms with Crippen molar-refractivity contribution in [2.75, 3.05) is 17.3 Å². The van der Waals surface area contributed by atoms with E-state index in [1.807, 2.05) is 6.92 Å². The van der Waals surface area contributed by atoms with E-state index in [0.717, 1.165) is 18.8 Å². The summed E-state index contributed by atoms with van der Waals surface area (Å²) in [6, 6.07) is 1.80. The Labute approximate surface area is 96.8 Å². The Balaban J connectivity index is 2.57. The quantitative estimate of drug-likeness (QED) is 0.537. The van der Waals surface area contributed by atoms with Crippen LogP contribution in [-0.4, -0.2) is 16.5 Å². The van der Waals surface area contributed by atoms with Crippen molar-refractivity contribution in [3.8, 4) is 0 Å². The van der Waals surface area contributed by atoms with E-state index in [1.54, 1.807) is 6.07 Å². The highest BCUT2D eigenvalue weighted by Gasteiger charge is 2.09. The van der Waals surface area contributed by atoms with Gasteiger partial charge in [0.15, 0.2) is 0 Å². The number of rotatable bonds is 4. The van der Waals surface area contributed by atoms with Crippen molar-refractivity contribution in [3.63, 3.8) is 0 Å². The lowest BCUT2D eigenvalue weighted by molar-refractivity contribution is 0.389. The maximum Gasteiger partial charge on any atom is 0.145 e. The Kier molecular flexibility index (Phi) is 4.06. The molecule has 0 radical (unpaired) electrons. The van der Waals surface area contributed by atoms with E-state index in [9.17, 15) is 0 Å². The van der Waals surface area contributed by atoms with Crippen molar-refractivity contribution >= 4 is 11.6 Å². The van der Waals surface area contributed by atoms with Gasteiger partial charge in [0.25, 0.3) is 0 Å². The molecule has 0 aliphatic carbocycles. The first-order valence-electron chi connectivity index (χ1n) is 5.47. The van der Waals surface area contributed by atoms with Crippen LogP contribution in [0.4, 0.5) is 11.6 Å². The molecule has 4 N–H and O–H groups in total. The third kappa shape index (κ3) is 4.44. The van der Waals surface area contributed by atoms with Crippen molar-refractivity contribution in [2.45, 2.75) is 34.1 Å². The predicted molar refractivity (Wildman–Crippen MR) is 67.1 cm³/mol. The first kappa shape index (κ1) is 12.7. The van der Waals surface area contributed by atoms with Crippen molar-refractivity contribution in [2.24, 2.45) is 11.3 Å². The van der Waals surface area contributed by atoms with E-state index in [-0.39, 0.29) is 0 Å². The molecule has 0 bridgehead atoms. The Morgan fingerprint density at radius 2 is 1.88 bits per heavy atom. The molecular formula is C11H21N5. The number of anilines is 2. The molecule has 0 spiro atoms. The molecule has 0 saturated carbocycles. The molecule has 5 heteroatoms. The van der Waals surface area contributed by atoms with Gasteiger partial charge in [-0.25, -0.2) is 15.8 Å². The molecule has 0 unspecified atom stereocenters. The SMILES string of the molecule is Cc1nc(NN)cc(NCCC(C)(C)C)n1. The lowest BCUT2D eigenvalue weighted by Crippen LogP contribution is -2.15. The van der Waals surface area contributed by atoms with Crippen LogP contribution in [0.1, 0.15) is 33.0 Å². The van der Waals surface area contributed by atoms with Crippen molar-refractivity contribution in [1.82, 2.24) is 9.97 Å². The third-order valence-corrected chi connectivity index (χ3v) is 2.17. The predicted octanol–water partition coefficient (Wildman–Crippen LogP) is 1.92. The van der Waals surface area contributed by atoms with Crippen molar-refractivity contribution in [1.29, 1.82) is 0 Å². The Morgan fingerprint density at radius 3 is 2.44 bits per heavy atom. The average molecular weight is 223 g/mol. The van der Waals surface area contributed by atoms with Crippen LogP contribution in [0.25, 0.3) is 0 Å². The minimum atomic E-state index is 0.323. The number of hydrazine groups is 1. The van der Waals surface area contributed by atoms with Crippen molar-refractivity contribution < 1.29 is 0 Å². The molecule has 1 heterocycles. The zero-order valence-corrected chi connectivity index (χ0v) is 10.5. The summed E-state index contributed by atoms with van der Waals surface area (Å²) < 4.78 is 0. The van der Waals surface area contributed by atoms with Crippen LogP contribution in [0.2, 0.25) is 0 Å². The number of nitrogens with zero attached hydrogens (tertiary/aromatic N) is 2. The fourth-order valence-electron chi connectivity index (χ4n) is 1.30. The number of nitrogen functional groups attached to an aromatic ring is 1. The monoisotopic (exact) mass is 223 g/mol.